The molecule has 0 aliphatic heterocycles. The van der Waals surface area contributed by atoms with E-state index in [1.54, 1.807) is 12.3 Å². The first-order valence-electron chi connectivity index (χ1n) is 5.62. The lowest BCUT2D eigenvalue weighted by atomic mass is 10.3. The standard InChI is InChI=1S/C12H14N2O3S/c1-8-10(11(16)13-5-3-6-15)14-12(18-8)9-4-2-7-17-9/h2,4,7,15H,3,5-6H2,1H3,(H,13,16). The van der Waals surface area contributed by atoms with Gasteiger partial charge >= 0.3 is 0 Å². The number of furan rings is 1. The van der Waals surface area contributed by atoms with Gasteiger partial charge in [-0.2, -0.15) is 0 Å². The van der Waals surface area contributed by atoms with Gasteiger partial charge in [0.2, 0.25) is 0 Å². The third-order valence-corrected chi connectivity index (χ3v) is 3.35. The van der Waals surface area contributed by atoms with E-state index in [4.69, 9.17) is 9.52 Å². The van der Waals surface area contributed by atoms with Gasteiger partial charge in [0.25, 0.3) is 5.91 Å². The van der Waals surface area contributed by atoms with Crippen molar-refractivity contribution in [2.24, 2.45) is 0 Å². The van der Waals surface area contributed by atoms with Crippen molar-refractivity contribution < 1.29 is 14.3 Å². The van der Waals surface area contributed by atoms with Crippen LogP contribution < -0.4 is 5.32 Å². The Bertz CT molecular complexity index is 519. The Morgan fingerprint density at radius 3 is 3.11 bits per heavy atom. The van der Waals surface area contributed by atoms with Crippen LogP contribution in [-0.2, 0) is 0 Å². The average Bonchev–Trinajstić information content (AvgIpc) is 2.97. The molecule has 0 aromatic carbocycles. The Morgan fingerprint density at radius 1 is 1.61 bits per heavy atom. The molecule has 0 atom stereocenters. The van der Waals surface area contributed by atoms with Gasteiger partial charge in [-0.3, -0.25) is 4.79 Å². The molecule has 18 heavy (non-hydrogen) atoms. The summed E-state index contributed by atoms with van der Waals surface area (Å²) in [7, 11) is 0. The summed E-state index contributed by atoms with van der Waals surface area (Å²) in [5.74, 6) is 0.451. The number of hydrogen-bond acceptors (Lipinski definition) is 5. The molecular weight excluding hydrogens is 252 g/mol. The van der Waals surface area contributed by atoms with Crippen molar-refractivity contribution in [3.63, 3.8) is 0 Å². The fourth-order valence-electron chi connectivity index (χ4n) is 1.48. The topological polar surface area (TPSA) is 75.4 Å². The number of nitrogens with one attached hydrogen (secondary N) is 1. The number of aliphatic hydroxyl groups excluding tert-OH is 1. The Kier molecular flexibility index (Phi) is 4.11. The van der Waals surface area contributed by atoms with Gasteiger partial charge in [-0.1, -0.05) is 0 Å². The second-order valence-electron chi connectivity index (χ2n) is 3.73. The van der Waals surface area contributed by atoms with Crippen LogP contribution in [0.4, 0.5) is 0 Å². The van der Waals surface area contributed by atoms with E-state index in [9.17, 15) is 4.79 Å². The second-order valence-corrected chi connectivity index (χ2v) is 4.94. The van der Waals surface area contributed by atoms with Gasteiger partial charge in [-0.05, 0) is 25.5 Å². The van der Waals surface area contributed by atoms with Gasteiger partial charge in [-0.25, -0.2) is 4.98 Å². The van der Waals surface area contributed by atoms with E-state index in [-0.39, 0.29) is 12.5 Å². The fourth-order valence-corrected chi connectivity index (χ4v) is 2.36. The lowest BCUT2D eigenvalue weighted by Crippen LogP contribution is -2.25. The molecule has 0 radical (unpaired) electrons. The van der Waals surface area contributed by atoms with Gasteiger partial charge in [0, 0.05) is 18.0 Å². The third kappa shape index (κ3) is 2.77. The molecule has 2 heterocycles. The van der Waals surface area contributed by atoms with Crippen molar-refractivity contribution in [2.45, 2.75) is 13.3 Å². The van der Waals surface area contributed by atoms with E-state index in [1.165, 1.54) is 11.3 Å². The number of thiazole rings is 1. The minimum absolute atomic E-state index is 0.0635. The van der Waals surface area contributed by atoms with Crippen molar-refractivity contribution in [2.75, 3.05) is 13.2 Å². The fraction of sp³-hybridized carbons (Fsp3) is 0.333. The van der Waals surface area contributed by atoms with Gasteiger partial charge in [0.1, 0.15) is 5.69 Å². The summed E-state index contributed by atoms with van der Waals surface area (Å²) in [4.78, 5) is 17.0. The number of aryl methyl sites for hydroxylation is 1. The Balaban J connectivity index is 2.12. The Hall–Kier alpha value is -1.66. The monoisotopic (exact) mass is 266 g/mol. The molecule has 0 saturated heterocycles. The molecule has 0 aliphatic carbocycles. The molecule has 2 rings (SSSR count). The van der Waals surface area contributed by atoms with E-state index in [2.05, 4.69) is 10.3 Å². The molecule has 0 bridgehead atoms. The molecular formula is C12H14N2O3S. The third-order valence-electron chi connectivity index (χ3n) is 2.36. The first-order valence-corrected chi connectivity index (χ1v) is 6.44. The summed E-state index contributed by atoms with van der Waals surface area (Å²) >= 11 is 1.42. The predicted octanol–water partition coefficient (Wildman–Crippen LogP) is 1.82. The van der Waals surface area contributed by atoms with E-state index >= 15 is 0 Å². The first kappa shape index (κ1) is 12.8. The van der Waals surface area contributed by atoms with Gasteiger partial charge < -0.3 is 14.8 Å². The molecule has 6 heteroatoms. The number of amides is 1. The smallest absolute Gasteiger partial charge is 0.271 e. The lowest BCUT2D eigenvalue weighted by molar-refractivity contribution is 0.0946. The number of carbonyl (C=O) groups excluding carboxylic acids is 1. The molecule has 2 aromatic rings. The Labute approximate surface area is 108 Å². The van der Waals surface area contributed by atoms with E-state index < -0.39 is 0 Å². The number of carbonyl (C=O) groups is 1. The highest BCUT2D eigenvalue weighted by Gasteiger charge is 2.16. The SMILES string of the molecule is Cc1sc(-c2ccco2)nc1C(=O)NCCCO. The van der Waals surface area contributed by atoms with Crippen molar-refractivity contribution in [3.05, 3.63) is 29.0 Å². The molecule has 5 nitrogen and oxygen atoms in total. The normalized spacial score (nSPS) is 10.6. The maximum Gasteiger partial charge on any atom is 0.271 e. The molecule has 0 fully saturated rings. The van der Waals surface area contributed by atoms with Gasteiger partial charge in [0.15, 0.2) is 10.8 Å². The number of nitrogens with zero attached hydrogens (tertiary/aromatic N) is 1. The summed E-state index contributed by atoms with van der Waals surface area (Å²) < 4.78 is 5.25. The van der Waals surface area contributed by atoms with Gasteiger partial charge in [-0.15, -0.1) is 11.3 Å². The molecule has 0 spiro atoms. The molecule has 2 aromatic heterocycles. The summed E-state index contributed by atoms with van der Waals surface area (Å²) in [5, 5.41) is 12.1. The average molecular weight is 266 g/mol. The lowest BCUT2D eigenvalue weighted by Gasteiger charge is -2.01. The van der Waals surface area contributed by atoms with E-state index in [0.717, 1.165) is 4.88 Å². The van der Waals surface area contributed by atoms with E-state index in [0.29, 0.717) is 29.4 Å². The zero-order chi connectivity index (χ0) is 13.0. The largest absolute Gasteiger partial charge is 0.462 e. The molecule has 0 unspecified atom stereocenters. The van der Waals surface area contributed by atoms with Crippen molar-refractivity contribution in [3.8, 4) is 10.8 Å². The maximum atomic E-state index is 11.8. The first-order chi connectivity index (χ1) is 8.72. The number of aliphatic hydroxyl groups is 1. The highest BCUT2D eigenvalue weighted by atomic mass is 32.1. The highest BCUT2D eigenvalue weighted by molar-refractivity contribution is 7.15. The van der Waals surface area contributed by atoms with Crippen LogP contribution in [0.3, 0.4) is 0 Å². The summed E-state index contributed by atoms with van der Waals surface area (Å²) in [5.41, 5.74) is 0.421. The van der Waals surface area contributed by atoms with E-state index in [1.807, 2.05) is 13.0 Å². The number of rotatable bonds is 5. The summed E-state index contributed by atoms with van der Waals surface area (Å²) in [6.07, 6.45) is 2.12. The van der Waals surface area contributed by atoms with Crippen molar-refractivity contribution in [1.82, 2.24) is 10.3 Å². The second kappa shape index (κ2) is 5.79. The van der Waals surface area contributed by atoms with Crippen LogP contribution >= 0.6 is 11.3 Å². The minimum atomic E-state index is -0.213. The van der Waals surface area contributed by atoms with Crippen molar-refractivity contribution >= 4 is 17.2 Å². The molecule has 0 aliphatic rings. The quantitative estimate of drug-likeness (QED) is 0.809. The number of aromatic nitrogens is 1. The van der Waals surface area contributed by atoms with Crippen LogP contribution in [0.15, 0.2) is 22.8 Å². The predicted molar refractivity (Wildman–Crippen MR) is 68.6 cm³/mol. The van der Waals surface area contributed by atoms with Crippen molar-refractivity contribution in [1.29, 1.82) is 0 Å². The maximum absolute atomic E-state index is 11.8. The van der Waals surface area contributed by atoms with Crippen LogP contribution in [0, 0.1) is 6.92 Å². The minimum Gasteiger partial charge on any atom is -0.462 e. The summed E-state index contributed by atoms with van der Waals surface area (Å²) in [6, 6.07) is 3.60. The van der Waals surface area contributed by atoms with Crippen LogP contribution in [-0.4, -0.2) is 29.1 Å². The summed E-state index contributed by atoms with van der Waals surface area (Å²) in [6.45, 7) is 2.36. The number of hydrogen-bond donors (Lipinski definition) is 2. The molecule has 2 N–H and O–H groups in total. The molecule has 1 amide bonds. The van der Waals surface area contributed by atoms with Crippen LogP contribution in [0.1, 0.15) is 21.8 Å². The zero-order valence-corrected chi connectivity index (χ0v) is 10.8. The van der Waals surface area contributed by atoms with Gasteiger partial charge in [0.05, 0.1) is 6.26 Å². The zero-order valence-electron chi connectivity index (χ0n) is 9.97. The van der Waals surface area contributed by atoms with Crippen LogP contribution in [0.2, 0.25) is 0 Å². The Morgan fingerprint density at radius 2 is 2.44 bits per heavy atom. The molecule has 0 saturated carbocycles. The van der Waals surface area contributed by atoms with Crippen LogP contribution in [0.25, 0.3) is 10.8 Å². The molecule has 96 valence electrons. The highest BCUT2D eigenvalue weighted by Crippen LogP contribution is 2.27. The van der Waals surface area contributed by atoms with Crippen LogP contribution in [0.5, 0.6) is 0 Å².